The molecule has 0 fully saturated rings. The summed E-state index contributed by atoms with van der Waals surface area (Å²) < 4.78 is 86.3. The Morgan fingerprint density at radius 1 is 1.09 bits per heavy atom. The second kappa shape index (κ2) is 14.3. The van der Waals surface area contributed by atoms with Gasteiger partial charge < -0.3 is 10.4 Å². The zero-order chi connectivity index (χ0) is 39.5. The van der Waals surface area contributed by atoms with Crippen molar-refractivity contribution in [2.45, 2.75) is 76.6 Å². The SMILES string of the molecule is CC1N=C(NS(C)(=O)=O)c2c(Cl)ccc(-c3ccc(C#CC(C)(C)O)nc3[C@H](Cc3cc(F)cc(F)c3)NC(=O)Cn3nc4c(c3Cl)[C@@H](C)CC4(F)F)c21. The predicted molar refractivity (Wildman–Crippen MR) is 196 cm³/mol. The Labute approximate surface area is 319 Å². The first kappa shape index (κ1) is 39.2. The molecule has 0 saturated carbocycles. The van der Waals surface area contributed by atoms with Crippen molar-refractivity contribution in [1.82, 2.24) is 24.8 Å². The number of amides is 1. The van der Waals surface area contributed by atoms with E-state index in [1.807, 2.05) is 0 Å². The summed E-state index contributed by atoms with van der Waals surface area (Å²) in [5.74, 6) is -0.785. The van der Waals surface area contributed by atoms with Crippen molar-refractivity contribution in [3.05, 3.63) is 104 Å². The van der Waals surface area contributed by atoms with Crippen molar-refractivity contribution in [1.29, 1.82) is 0 Å². The molecule has 3 heterocycles. The fourth-order valence-corrected chi connectivity index (χ4v) is 7.87. The number of pyridine rings is 1. The number of hydrogen-bond acceptors (Lipinski definition) is 7. The number of sulfonamides is 1. The molecular formula is C37H34Cl2F4N6O4S. The molecule has 0 radical (unpaired) electrons. The third-order valence-corrected chi connectivity index (χ3v) is 10.1. The number of carbonyl (C=O) groups is 1. The summed E-state index contributed by atoms with van der Waals surface area (Å²) in [7, 11) is -3.76. The number of fused-ring (bicyclic) bond motifs is 2. The summed E-state index contributed by atoms with van der Waals surface area (Å²) in [6, 6.07) is 7.56. The first-order valence-corrected chi connectivity index (χ1v) is 19.3. The summed E-state index contributed by atoms with van der Waals surface area (Å²) in [5, 5.41) is 17.2. The van der Waals surface area contributed by atoms with Crippen LogP contribution in [0.1, 0.15) is 91.5 Å². The number of aliphatic imine (C=N–C) groups is 1. The van der Waals surface area contributed by atoms with Crippen molar-refractivity contribution < 1.29 is 35.9 Å². The number of alkyl halides is 2. The van der Waals surface area contributed by atoms with Gasteiger partial charge >= 0.3 is 0 Å². The Balaban J connectivity index is 1.50. The lowest BCUT2D eigenvalue weighted by Gasteiger charge is -2.24. The monoisotopic (exact) mass is 804 g/mol. The van der Waals surface area contributed by atoms with Crippen LogP contribution in [0.5, 0.6) is 0 Å². The summed E-state index contributed by atoms with van der Waals surface area (Å²) in [5.41, 5.74) is 0.451. The summed E-state index contributed by atoms with van der Waals surface area (Å²) in [6.07, 6.45) is 0.294. The van der Waals surface area contributed by atoms with Gasteiger partial charge in [0.15, 0.2) is 0 Å². The number of benzene rings is 2. The molecule has 0 bridgehead atoms. The van der Waals surface area contributed by atoms with E-state index in [0.717, 1.165) is 23.1 Å². The van der Waals surface area contributed by atoms with Crippen LogP contribution in [0.15, 0.2) is 47.5 Å². The van der Waals surface area contributed by atoms with Crippen LogP contribution in [0.2, 0.25) is 10.2 Å². The number of nitrogens with one attached hydrogen (secondary N) is 2. The molecule has 17 heteroatoms. The summed E-state index contributed by atoms with van der Waals surface area (Å²) >= 11 is 13.1. The minimum absolute atomic E-state index is 0.0250. The standard InChI is InChI=1S/C37H34Cl2F4N6O4S/c1-18-16-37(42,43)33-29(18)34(39)49(47-33)17-28(50)46-27(14-20-12-21(40)15-22(41)13-20)32-25(7-6-23(45-32)10-11-36(3,4)51)24-8-9-26(38)31-30(24)19(2)44-35(31)48-54(5,52)53/h6-9,12-13,15,18-19,27,51H,14,16-17H2,1-5H3,(H,44,48)(H,46,50)/t18-,19?,27-/m0/s1. The second-order valence-electron chi connectivity index (χ2n) is 14.0. The molecule has 2 aromatic heterocycles. The first-order valence-electron chi connectivity index (χ1n) is 16.6. The molecule has 1 aliphatic heterocycles. The summed E-state index contributed by atoms with van der Waals surface area (Å²) in [4.78, 5) is 23.1. The average molecular weight is 806 g/mol. The molecule has 0 saturated heterocycles. The maximum absolute atomic E-state index is 14.7. The van der Waals surface area contributed by atoms with Gasteiger partial charge in [-0.1, -0.05) is 42.1 Å². The molecule has 54 heavy (non-hydrogen) atoms. The lowest BCUT2D eigenvalue weighted by Crippen LogP contribution is -2.34. The van der Waals surface area contributed by atoms with Gasteiger partial charge in [0.2, 0.25) is 15.9 Å². The zero-order valence-corrected chi connectivity index (χ0v) is 31.9. The average Bonchev–Trinajstić information content (AvgIpc) is 3.62. The molecule has 4 aromatic rings. The number of rotatable bonds is 8. The van der Waals surface area contributed by atoms with Gasteiger partial charge in [-0.05, 0) is 86.1 Å². The minimum atomic E-state index is -3.76. The van der Waals surface area contributed by atoms with E-state index >= 15 is 0 Å². The van der Waals surface area contributed by atoms with Crippen LogP contribution >= 0.6 is 23.2 Å². The minimum Gasteiger partial charge on any atom is -0.378 e. The molecule has 1 amide bonds. The number of carbonyl (C=O) groups excluding carboxylic acids is 1. The van der Waals surface area contributed by atoms with E-state index in [-0.39, 0.29) is 44.9 Å². The number of aliphatic hydroxyl groups is 1. The molecule has 1 aliphatic carbocycles. The van der Waals surface area contributed by atoms with E-state index in [4.69, 9.17) is 28.2 Å². The van der Waals surface area contributed by atoms with Gasteiger partial charge in [0, 0.05) is 29.2 Å². The zero-order valence-electron chi connectivity index (χ0n) is 29.5. The van der Waals surface area contributed by atoms with E-state index in [1.54, 1.807) is 38.1 Å². The highest BCUT2D eigenvalue weighted by atomic mass is 35.5. The molecular weight excluding hydrogens is 771 g/mol. The van der Waals surface area contributed by atoms with Crippen molar-refractivity contribution in [3.8, 4) is 23.0 Å². The van der Waals surface area contributed by atoms with Crippen LogP contribution in [-0.4, -0.2) is 51.9 Å². The Hall–Kier alpha value is -4.49. The molecule has 284 valence electrons. The van der Waals surface area contributed by atoms with E-state index in [1.165, 1.54) is 13.8 Å². The number of amidine groups is 1. The second-order valence-corrected chi connectivity index (χ2v) is 16.5. The van der Waals surface area contributed by atoms with Crippen molar-refractivity contribution >= 4 is 45.0 Å². The highest BCUT2D eigenvalue weighted by Crippen LogP contribution is 2.50. The van der Waals surface area contributed by atoms with Crippen LogP contribution in [-0.2, 0) is 33.7 Å². The molecule has 3 N–H and O–H groups in total. The van der Waals surface area contributed by atoms with E-state index in [2.05, 4.69) is 32.0 Å². The van der Waals surface area contributed by atoms with Gasteiger partial charge in [0.1, 0.15) is 46.2 Å². The Bertz CT molecular complexity index is 2380. The molecule has 2 aromatic carbocycles. The number of nitrogens with zero attached hydrogens (tertiary/aromatic N) is 4. The Kier molecular flexibility index (Phi) is 10.4. The van der Waals surface area contributed by atoms with Gasteiger partial charge in [-0.2, -0.15) is 13.9 Å². The highest BCUT2D eigenvalue weighted by molar-refractivity contribution is 7.89. The van der Waals surface area contributed by atoms with Crippen LogP contribution in [0, 0.1) is 23.5 Å². The maximum atomic E-state index is 14.7. The lowest BCUT2D eigenvalue weighted by molar-refractivity contribution is -0.122. The van der Waals surface area contributed by atoms with Crippen LogP contribution < -0.4 is 10.0 Å². The van der Waals surface area contributed by atoms with Gasteiger partial charge in [-0.3, -0.25) is 14.5 Å². The molecule has 2 aliphatic rings. The third-order valence-electron chi connectivity index (χ3n) is 8.81. The van der Waals surface area contributed by atoms with E-state index in [0.29, 0.717) is 28.3 Å². The van der Waals surface area contributed by atoms with Crippen molar-refractivity contribution in [3.63, 3.8) is 0 Å². The quantitative estimate of drug-likeness (QED) is 0.134. The predicted octanol–water partition coefficient (Wildman–Crippen LogP) is 6.72. The van der Waals surface area contributed by atoms with Crippen LogP contribution in [0.25, 0.3) is 11.1 Å². The highest BCUT2D eigenvalue weighted by Gasteiger charge is 2.48. The largest absolute Gasteiger partial charge is 0.378 e. The summed E-state index contributed by atoms with van der Waals surface area (Å²) in [6.45, 7) is 5.69. The fraction of sp³-hybridized carbons (Fsp3) is 0.351. The molecule has 10 nitrogen and oxygen atoms in total. The first-order chi connectivity index (χ1) is 25.1. The topological polar surface area (TPSA) is 139 Å². The van der Waals surface area contributed by atoms with Crippen LogP contribution in [0.3, 0.4) is 0 Å². The Morgan fingerprint density at radius 3 is 2.39 bits per heavy atom. The fourth-order valence-electron chi connectivity index (χ4n) is 6.74. The Morgan fingerprint density at radius 2 is 1.76 bits per heavy atom. The lowest BCUT2D eigenvalue weighted by atomic mass is 9.89. The van der Waals surface area contributed by atoms with Crippen LogP contribution in [0.4, 0.5) is 17.6 Å². The maximum Gasteiger partial charge on any atom is 0.292 e. The van der Waals surface area contributed by atoms with Crippen molar-refractivity contribution in [2.24, 2.45) is 4.99 Å². The molecule has 1 unspecified atom stereocenters. The van der Waals surface area contributed by atoms with Gasteiger partial charge in [0.25, 0.3) is 5.92 Å². The van der Waals surface area contributed by atoms with Crippen molar-refractivity contribution in [2.75, 3.05) is 6.26 Å². The molecule has 0 spiro atoms. The number of hydrogen-bond donors (Lipinski definition) is 3. The van der Waals surface area contributed by atoms with E-state index in [9.17, 15) is 35.9 Å². The van der Waals surface area contributed by atoms with E-state index < -0.39 is 75.7 Å². The number of halogens is 6. The molecule has 6 rings (SSSR count). The van der Waals surface area contributed by atoms with Gasteiger partial charge in [0.05, 0.1) is 29.1 Å². The number of aromatic nitrogens is 3. The third kappa shape index (κ3) is 8.27. The van der Waals surface area contributed by atoms with Gasteiger partial charge in [-0.15, -0.1) is 0 Å². The molecule has 3 atom stereocenters. The smallest absolute Gasteiger partial charge is 0.292 e. The normalized spacial score (nSPS) is 18.0. The van der Waals surface area contributed by atoms with Gasteiger partial charge in [-0.25, -0.2) is 26.9 Å².